The summed E-state index contributed by atoms with van der Waals surface area (Å²) in [5, 5.41) is 9.56. The number of hydrogen-bond donors (Lipinski definition) is 1. The third-order valence-corrected chi connectivity index (χ3v) is 2.97. The third-order valence-electron chi connectivity index (χ3n) is 2.97. The normalized spacial score (nSPS) is 10.7. The van der Waals surface area contributed by atoms with Gasteiger partial charge in [0.25, 0.3) is 0 Å². The van der Waals surface area contributed by atoms with Gasteiger partial charge in [-0.25, -0.2) is 4.79 Å². The average Bonchev–Trinajstić information content (AvgIpc) is 2.45. The molecular formula is C17H16O3. The Morgan fingerprint density at radius 3 is 2.60 bits per heavy atom. The molecular weight excluding hydrogens is 252 g/mol. The van der Waals surface area contributed by atoms with E-state index in [2.05, 4.69) is 0 Å². The highest BCUT2D eigenvalue weighted by atomic mass is 16.5. The maximum absolute atomic E-state index is 11.6. The number of aromatic hydroxyl groups is 1. The van der Waals surface area contributed by atoms with E-state index in [0.29, 0.717) is 5.56 Å². The number of rotatable bonds is 4. The number of carbonyl (C=O) groups excluding carboxylic acids is 1. The van der Waals surface area contributed by atoms with Crippen molar-refractivity contribution in [1.82, 2.24) is 0 Å². The molecule has 2 rings (SSSR count). The van der Waals surface area contributed by atoms with Gasteiger partial charge in [-0.05, 0) is 30.2 Å². The molecule has 0 heterocycles. The largest absolute Gasteiger partial charge is 0.507 e. The summed E-state index contributed by atoms with van der Waals surface area (Å²) in [6.07, 6.45) is 2.85. The first-order valence-electron chi connectivity index (χ1n) is 6.34. The zero-order chi connectivity index (χ0) is 14.4. The van der Waals surface area contributed by atoms with Crippen LogP contribution in [0.4, 0.5) is 0 Å². The van der Waals surface area contributed by atoms with Crippen LogP contribution in [-0.2, 0) is 16.1 Å². The summed E-state index contributed by atoms with van der Waals surface area (Å²) in [5.74, 6) is -0.299. The molecule has 1 N–H and O–H groups in total. The summed E-state index contributed by atoms with van der Waals surface area (Å²) in [4.78, 5) is 11.6. The average molecular weight is 268 g/mol. The fraction of sp³-hybridized carbons (Fsp3) is 0.118. The van der Waals surface area contributed by atoms with E-state index in [9.17, 15) is 9.90 Å². The Hall–Kier alpha value is -2.55. The Bertz CT molecular complexity index is 630. The number of para-hydroxylation sites is 1. The van der Waals surface area contributed by atoms with Gasteiger partial charge in [0.1, 0.15) is 12.4 Å². The molecule has 0 saturated heterocycles. The standard InChI is InChI=1S/C17H16O3/c1-13-6-2-3-8-15(13)12-20-17(19)11-10-14-7-4-5-9-16(14)18/h2-11,18H,12H2,1H3. The van der Waals surface area contributed by atoms with Crippen LogP contribution in [0.1, 0.15) is 16.7 Å². The fourth-order valence-corrected chi connectivity index (χ4v) is 1.76. The van der Waals surface area contributed by atoms with E-state index in [-0.39, 0.29) is 12.4 Å². The molecule has 0 amide bonds. The Labute approximate surface area is 118 Å². The number of hydrogen-bond acceptors (Lipinski definition) is 3. The lowest BCUT2D eigenvalue weighted by molar-refractivity contribution is -0.138. The van der Waals surface area contributed by atoms with Crippen molar-refractivity contribution in [2.45, 2.75) is 13.5 Å². The minimum atomic E-state index is -0.434. The maximum Gasteiger partial charge on any atom is 0.331 e. The van der Waals surface area contributed by atoms with Crippen molar-refractivity contribution in [2.24, 2.45) is 0 Å². The molecule has 0 aliphatic rings. The third kappa shape index (κ3) is 3.72. The van der Waals surface area contributed by atoms with Crippen LogP contribution in [0.2, 0.25) is 0 Å². The smallest absolute Gasteiger partial charge is 0.331 e. The number of aryl methyl sites for hydroxylation is 1. The minimum absolute atomic E-state index is 0.135. The Morgan fingerprint density at radius 2 is 1.85 bits per heavy atom. The van der Waals surface area contributed by atoms with Crippen molar-refractivity contribution in [2.75, 3.05) is 0 Å². The van der Waals surface area contributed by atoms with Gasteiger partial charge in [-0.2, -0.15) is 0 Å². The molecule has 0 fully saturated rings. The summed E-state index contributed by atoms with van der Waals surface area (Å²) < 4.78 is 5.16. The molecule has 0 atom stereocenters. The van der Waals surface area contributed by atoms with Crippen molar-refractivity contribution in [1.29, 1.82) is 0 Å². The first kappa shape index (κ1) is 13.9. The molecule has 0 aliphatic heterocycles. The number of ether oxygens (including phenoxy) is 1. The van der Waals surface area contributed by atoms with Gasteiger partial charge in [-0.15, -0.1) is 0 Å². The summed E-state index contributed by atoms with van der Waals surface area (Å²) in [7, 11) is 0. The van der Waals surface area contributed by atoms with Crippen LogP contribution in [0.15, 0.2) is 54.6 Å². The molecule has 2 aromatic rings. The minimum Gasteiger partial charge on any atom is -0.507 e. The number of phenolic OH excluding ortho intramolecular Hbond substituents is 1. The highest BCUT2D eigenvalue weighted by Gasteiger charge is 2.02. The number of benzene rings is 2. The van der Waals surface area contributed by atoms with E-state index in [4.69, 9.17) is 4.74 Å². The predicted octanol–water partition coefficient (Wildman–Crippen LogP) is 3.46. The second kappa shape index (κ2) is 6.57. The lowest BCUT2D eigenvalue weighted by Gasteiger charge is -2.05. The van der Waals surface area contributed by atoms with Gasteiger partial charge in [-0.1, -0.05) is 42.5 Å². The Morgan fingerprint density at radius 1 is 1.15 bits per heavy atom. The molecule has 0 spiro atoms. The highest BCUT2D eigenvalue weighted by Crippen LogP contribution is 2.17. The zero-order valence-electron chi connectivity index (χ0n) is 11.2. The van der Waals surface area contributed by atoms with Crippen molar-refractivity contribution in [3.63, 3.8) is 0 Å². The summed E-state index contributed by atoms with van der Waals surface area (Å²) in [6, 6.07) is 14.6. The van der Waals surface area contributed by atoms with Gasteiger partial charge < -0.3 is 9.84 Å². The van der Waals surface area contributed by atoms with Gasteiger partial charge in [0, 0.05) is 11.6 Å². The molecule has 0 unspecified atom stereocenters. The molecule has 0 bridgehead atoms. The number of phenols is 1. The topological polar surface area (TPSA) is 46.5 Å². The summed E-state index contributed by atoms with van der Waals surface area (Å²) in [5.41, 5.74) is 2.65. The molecule has 0 radical (unpaired) electrons. The zero-order valence-corrected chi connectivity index (χ0v) is 11.2. The Balaban J connectivity index is 1.93. The quantitative estimate of drug-likeness (QED) is 0.682. The molecule has 3 nitrogen and oxygen atoms in total. The molecule has 102 valence electrons. The van der Waals surface area contributed by atoms with Crippen molar-refractivity contribution in [3.05, 3.63) is 71.3 Å². The van der Waals surface area contributed by atoms with Gasteiger partial charge in [-0.3, -0.25) is 0 Å². The van der Waals surface area contributed by atoms with E-state index in [1.807, 2.05) is 31.2 Å². The van der Waals surface area contributed by atoms with Gasteiger partial charge >= 0.3 is 5.97 Å². The first-order chi connectivity index (χ1) is 9.66. The number of esters is 1. The van der Waals surface area contributed by atoms with E-state index in [1.54, 1.807) is 24.3 Å². The Kier molecular flexibility index (Phi) is 4.56. The van der Waals surface area contributed by atoms with Crippen molar-refractivity contribution >= 4 is 12.0 Å². The molecule has 2 aromatic carbocycles. The van der Waals surface area contributed by atoms with Gasteiger partial charge in [0.2, 0.25) is 0 Å². The summed E-state index contributed by atoms with van der Waals surface area (Å²) >= 11 is 0. The fourth-order valence-electron chi connectivity index (χ4n) is 1.76. The molecule has 20 heavy (non-hydrogen) atoms. The second-order valence-electron chi connectivity index (χ2n) is 4.43. The van der Waals surface area contributed by atoms with Crippen LogP contribution in [0.25, 0.3) is 6.08 Å². The lowest BCUT2D eigenvalue weighted by Crippen LogP contribution is -2.01. The van der Waals surface area contributed by atoms with Crippen LogP contribution >= 0.6 is 0 Å². The van der Waals surface area contributed by atoms with Gasteiger partial charge in [0.15, 0.2) is 0 Å². The van der Waals surface area contributed by atoms with E-state index in [1.165, 1.54) is 12.2 Å². The summed E-state index contributed by atoms with van der Waals surface area (Å²) in [6.45, 7) is 2.22. The number of carbonyl (C=O) groups is 1. The molecule has 0 saturated carbocycles. The molecule has 0 aliphatic carbocycles. The molecule has 3 heteroatoms. The SMILES string of the molecule is Cc1ccccc1COC(=O)C=Cc1ccccc1O. The van der Waals surface area contributed by atoms with Gasteiger partial charge in [0.05, 0.1) is 0 Å². The van der Waals surface area contributed by atoms with Crippen LogP contribution in [0, 0.1) is 6.92 Å². The lowest BCUT2D eigenvalue weighted by atomic mass is 10.1. The van der Waals surface area contributed by atoms with Crippen LogP contribution in [-0.4, -0.2) is 11.1 Å². The monoisotopic (exact) mass is 268 g/mol. The maximum atomic E-state index is 11.6. The van der Waals surface area contributed by atoms with Crippen LogP contribution in [0.3, 0.4) is 0 Å². The van der Waals surface area contributed by atoms with Crippen molar-refractivity contribution < 1.29 is 14.6 Å². The van der Waals surface area contributed by atoms with E-state index >= 15 is 0 Å². The predicted molar refractivity (Wildman–Crippen MR) is 78.1 cm³/mol. The van der Waals surface area contributed by atoms with Crippen LogP contribution < -0.4 is 0 Å². The molecule has 0 aromatic heterocycles. The first-order valence-corrected chi connectivity index (χ1v) is 6.34. The van der Waals surface area contributed by atoms with Crippen LogP contribution in [0.5, 0.6) is 5.75 Å². The second-order valence-corrected chi connectivity index (χ2v) is 4.43. The van der Waals surface area contributed by atoms with Crippen molar-refractivity contribution in [3.8, 4) is 5.75 Å². The van der Waals surface area contributed by atoms with E-state index in [0.717, 1.165) is 11.1 Å². The van der Waals surface area contributed by atoms with E-state index < -0.39 is 5.97 Å². The highest BCUT2D eigenvalue weighted by molar-refractivity contribution is 5.87.